The van der Waals surface area contributed by atoms with E-state index >= 15 is 0 Å². The van der Waals surface area contributed by atoms with Gasteiger partial charge >= 0.3 is 12.2 Å². The van der Waals surface area contributed by atoms with Crippen molar-refractivity contribution in [1.82, 2.24) is 30.4 Å². The Morgan fingerprint density at radius 3 is 2.28 bits per heavy atom. The number of amides is 4. The van der Waals surface area contributed by atoms with Crippen LogP contribution in [0.5, 0.6) is 0 Å². The van der Waals surface area contributed by atoms with Gasteiger partial charge in [0.2, 0.25) is 11.8 Å². The van der Waals surface area contributed by atoms with Crippen LogP contribution in [0.25, 0.3) is 33.2 Å². The summed E-state index contributed by atoms with van der Waals surface area (Å²) in [6.45, 7) is 6.16. The maximum absolute atomic E-state index is 14.1. The number of benzene rings is 3. The maximum Gasteiger partial charge on any atom is 0.407 e. The third-order valence-electron chi connectivity index (χ3n) is 13.6. The predicted molar refractivity (Wildman–Crippen MR) is 243 cm³/mol. The van der Waals surface area contributed by atoms with E-state index in [2.05, 4.69) is 76.0 Å². The molecule has 0 bridgehead atoms. The molecule has 334 valence electrons. The molecule has 4 aliphatic heterocycles. The number of aromatic nitrogens is 2. The lowest BCUT2D eigenvalue weighted by Gasteiger charge is -2.34. The number of hydrogen-bond acceptors (Lipinski definition) is 9. The Kier molecular flexibility index (Phi) is 12.4. The Balaban J connectivity index is 0.946. The van der Waals surface area contributed by atoms with Gasteiger partial charge in [0.25, 0.3) is 0 Å². The van der Waals surface area contributed by atoms with E-state index in [0.29, 0.717) is 51.5 Å². The van der Waals surface area contributed by atoms with Crippen LogP contribution >= 0.6 is 0 Å². The molecule has 3 N–H and O–H groups in total. The quantitative estimate of drug-likeness (QED) is 0.138. The zero-order chi connectivity index (χ0) is 44.5. The third-order valence-corrected chi connectivity index (χ3v) is 13.6. The van der Waals surface area contributed by atoms with Crippen LogP contribution in [-0.4, -0.2) is 108 Å². The molecule has 4 aromatic rings. The van der Waals surface area contributed by atoms with Gasteiger partial charge in [-0.1, -0.05) is 56.0 Å². The Morgan fingerprint density at radius 2 is 1.55 bits per heavy atom. The minimum Gasteiger partial charge on any atom is -0.453 e. The SMILES string of the molecule is COC(=O)N[C@H](C(=O)N1CCC[C@H]1C1=Nc2ccc3cc(-c4ccc(-c5cnc([C@@H]6CCCN6C(=O)[C@H](NC(=O)OC)C6CCOCC6)[nH]5)cc4C#CC4CC4)ccc3c2C1)C(C)C. The van der Waals surface area contributed by atoms with Crippen LogP contribution in [0.3, 0.4) is 0 Å². The Morgan fingerprint density at radius 1 is 0.828 bits per heavy atom. The van der Waals surface area contributed by atoms with Crippen molar-refractivity contribution in [3.05, 3.63) is 71.7 Å². The summed E-state index contributed by atoms with van der Waals surface area (Å²) in [5.74, 6) is 7.79. The van der Waals surface area contributed by atoms with E-state index in [0.717, 1.165) is 100 Å². The van der Waals surface area contributed by atoms with Crippen LogP contribution in [0.15, 0.2) is 59.7 Å². The van der Waals surface area contributed by atoms with E-state index in [4.69, 9.17) is 24.2 Å². The molecule has 64 heavy (non-hydrogen) atoms. The first-order valence-electron chi connectivity index (χ1n) is 22.8. The van der Waals surface area contributed by atoms with Crippen molar-refractivity contribution in [3.63, 3.8) is 0 Å². The molecule has 4 atom stereocenters. The molecule has 5 aliphatic rings. The second-order valence-corrected chi connectivity index (χ2v) is 18.1. The van der Waals surface area contributed by atoms with Gasteiger partial charge in [-0.25, -0.2) is 14.6 Å². The highest BCUT2D eigenvalue weighted by molar-refractivity contribution is 6.06. The standard InChI is InChI=1S/C50H57N7O7/c1-29(2)44(54-49(60)62-3)47(58)56-21-5-7-42(56)40-27-38-37-17-13-33(25-34(37)15-18-39(38)52-40)36-16-14-35(26-32(36)12-11-30-9-10-30)41-28-51-46(53-41)43-8-6-22-57(43)48(59)45(55-50(61)63-4)31-19-23-64-24-20-31/h13-18,25-26,28-31,42-45H,5-10,19-24,27H2,1-4H3,(H,51,53)(H,54,60)(H,55,61)/t42-,43-,44-,45+/m0/s1. The van der Waals surface area contributed by atoms with Gasteiger partial charge in [0.1, 0.15) is 17.9 Å². The normalized spacial score (nSPS) is 20.6. The van der Waals surface area contributed by atoms with Crippen molar-refractivity contribution in [2.45, 2.75) is 95.8 Å². The Hall–Kier alpha value is -6.20. The highest BCUT2D eigenvalue weighted by atomic mass is 16.5. The number of nitrogens with one attached hydrogen (secondary N) is 3. The van der Waals surface area contributed by atoms with Crippen LogP contribution in [-0.2, 0) is 30.2 Å². The molecule has 4 amide bonds. The van der Waals surface area contributed by atoms with Gasteiger partial charge in [-0.3, -0.25) is 14.6 Å². The number of nitrogens with zero attached hydrogens (tertiary/aromatic N) is 4. The van der Waals surface area contributed by atoms with Crippen molar-refractivity contribution < 1.29 is 33.4 Å². The number of fused-ring (bicyclic) bond motifs is 3. The molecular weight excluding hydrogens is 811 g/mol. The van der Waals surface area contributed by atoms with Gasteiger partial charge in [-0.2, -0.15) is 0 Å². The lowest BCUT2D eigenvalue weighted by atomic mass is 9.90. The van der Waals surface area contributed by atoms with Crippen LogP contribution < -0.4 is 10.6 Å². The average molecular weight is 868 g/mol. The molecule has 3 saturated heterocycles. The summed E-state index contributed by atoms with van der Waals surface area (Å²) in [6.07, 6.45) is 8.18. The van der Waals surface area contributed by atoms with Gasteiger partial charge < -0.3 is 39.6 Å². The summed E-state index contributed by atoms with van der Waals surface area (Å²) in [4.78, 5) is 69.7. The minimum atomic E-state index is -0.699. The zero-order valence-electron chi connectivity index (χ0n) is 37.1. The first-order valence-corrected chi connectivity index (χ1v) is 22.8. The lowest BCUT2D eigenvalue weighted by Crippen LogP contribution is -2.53. The summed E-state index contributed by atoms with van der Waals surface area (Å²) >= 11 is 0. The smallest absolute Gasteiger partial charge is 0.407 e. The highest BCUT2D eigenvalue weighted by Crippen LogP contribution is 2.40. The zero-order valence-corrected chi connectivity index (χ0v) is 37.1. The number of carbonyl (C=O) groups is 4. The number of hydrogen-bond donors (Lipinski definition) is 3. The van der Waals surface area contributed by atoms with E-state index in [1.54, 1.807) is 0 Å². The molecule has 9 rings (SSSR count). The summed E-state index contributed by atoms with van der Waals surface area (Å²) in [5, 5.41) is 7.82. The van der Waals surface area contributed by atoms with Crippen LogP contribution in [0.2, 0.25) is 0 Å². The van der Waals surface area contributed by atoms with E-state index in [1.165, 1.54) is 14.2 Å². The number of rotatable bonds is 10. The first kappa shape index (κ1) is 43.1. The van der Waals surface area contributed by atoms with Gasteiger partial charge in [0.15, 0.2) is 0 Å². The van der Waals surface area contributed by atoms with E-state index < -0.39 is 24.3 Å². The number of H-pyrrole nitrogens is 1. The molecule has 1 aliphatic carbocycles. The molecule has 4 fully saturated rings. The fourth-order valence-corrected chi connectivity index (χ4v) is 9.90. The van der Waals surface area contributed by atoms with Crippen LogP contribution in [0.1, 0.15) is 88.2 Å². The van der Waals surface area contributed by atoms with E-state index in [1.807, 2.05) is 29.8 Å². The van der Waals surface area contributed by atoms with Crippen LogP contribution in [0, 0.1) is 29.6 Å². The molecule has 14 heteroatoms. The topological polar surface area (TPSA) is 168 Å². The Labute approximate surface area is 373 Å². The maximum atomic E-state index is 14.1. The number of aliphatic imine (C=N–C) groups is 1. The van der Waals surface area contributed by atoms with E-state index in [9.17, 15) is 19.2 Å². The predicted octanol–water partition coefficient (Wildman–Crippen LogP) is 7.47. The van der Waals surface area contributed by atoms with Crippen LogP contribution in [0.4, 0.5) is 15.3 Å². The molecule has 3 aromatic carbocycles. The minimum absolute atomic E-state index is 0.0396. The number of methoxy groups -OCH3 is 2. The second kappa shape index (κ2) is 18.5. The van der Waals surface area contributed by atoms with Crippen molar-refractivity contribution in [1.29, 1.82) is 0 Å². The third kappa shape index (κ3) is 8.82. The van der Waals surface area contributed by atoms with Gasteiger partial charge in [-0.15, -0.1) is 0 Å². The summed E-state index contributed by atoms with van der Waals surface area (Å²) in [6, 6.07) is 15.4. The van der Waals surface area contributed by atoms with Gasteiger partial charge in [0.05, 0.1) is 43.9 Å². The number of alkyl carbamates (subject to hydrolysis) is 2. The molecule has 0 spiro atoms. The fourth-order valence-electron chi connectivity index (χ4n) is 9.90. The second-order valence-electron chi connectivity index (χ2n) is 18.1. The molecule has 14 nitrogen and oxygen atoms in total. The van der Waals surface area contributed by atoms with Crippen molar-refractivity contribution >= 4 is 46.2 Å². The number of carbonyl (C=O) groups excluding carboxylic acids is 4. The molecule has 1 aromatic heterocycles. The number of ether oxygens (including phenoxy) is 3. The molecule has 0 unspecified atom stereocenters. The van der Waals surface area contributed by atoms with Crippen molar-refractivity contribution in [2.24, 2.45) is 22.7 Å². The number of imidazole rings is 1. The van der Waals surface area contributed by atoms with Gasteiger partial charge in [-0.05, 0) is 109 Å². The number of likely N-dealkylation sites (tertiary alicyclic amines) is 2. The van der Waals surface area contributed by atoms with Crippen molar-refractivity contribution in [3.8, 4) is 34.2 Å². The molecule has 1 saturated carbocycles. The monoisotopic (exact) mass is 867 g/mol. The summed E-state index contributed by atoms with van der Waals surface area (Å²) < 4.78 is 15.3. The summed E-state index contributed by atoms with van der Waals surface area (Å²) in [5.41, 5.74) is 7.91. The first-order chi connectivity index (χ1) is 31.1. The van der Waals surface area contributed by atoms with E-state index in [-0.39, 0.29) is 35.7 Å². The number of aromatic amines is 1. The average Bonchev–Trinajstić information content (AvgIpc) is 3.77. The highest BCUT2D eigenvalue weighted by Gasteiger charge is 2.41. The fraction of sp³-hybridized carbons (Fsp3) is 0.480. The lowest BCUT2D eigenvalue weighted by molar-refractivity contribution is -0.137. The Bertz CT molecular complexity index is 2550. The largest absolute Gasteiger partial charge is 0.453 e. The molecular formula is C50H57N7O7. The molecule has 5 heterocycles. The van der Waals surface area contributed by atoms with Gasteiger partial charge in [0, 0.05) is 55.5 Å². The van der Waals surface area contributed by atoms with Crippen molar-refractivity contribution in [2.75, 3.05) is 40.5 Å². The molecule has 0 radical (unpaired) electrons. The summed E-state index contributed by atoms with van der Waals surface area (Å²) in [7, 11) is 2.62.